The first-order valence-electron chi connectivity index (χ1n) is 8.93. The van der Waals surface area contributed by atoms with Crippen molar-refractivity contribution in [3.8, 4) is 0 Å². The Kier molecular flexibility index (Phi) is 5.87. The highest BCUT2D eigenvalue weighted by Crippen LogP contribution is 2.26. The van der Waals surface area contributed by atoms with Gasteiger partial charge in [0.25, 0.3) is 0 Å². The van der Waals surface area contributed by atoms with E-state index in [2.05, 4.69) is 31.1 Å². The van der Waals surface area contributed by atoms with Crippen LogP contribution in [0, 0.1) is 5.82 Å². The van der Waals surface area contributed by atoms with Crippen molar-refractivity contribution in [3.05, 3.63) is 51.7 Å². The maximum atomic E-state index is 13.2. The molecule has 0 bridgehead atoms. The molecule has 0 radical (unpaired) electrons. The maximum absolute atomic E-state index is 13.2. The zero-order chi connectivity index (χ0) is 17.9. The van der Waals surface area contributed by atoms with E-state index >= 15 is 0 Å². The quantitative estimate of drug-likeness (QED) is 0.767. The number of ether oxygens (including phenoxy) is 1. The molecule has 0 unspecified atom stereocenters. The minimum absolute atomic E-state index is 0.0786. The third-order valence-electron chi connectivity index (χ3n) is 4.66. The molecule has 0 saturated carbocycles. The molecule has 0 amide bonds. The van der Waals surface area contributed by atoms with Crippen LogP contribution in [0.1, 0.15) is 49.9 Å². The van der Waals surface area contributed by atoms with E-state index in [1.807, 2.05) is 12.1 Å². The molecule has 136 valence electrons. The lowest BCUT2D eigenvalue weighted by Gasteiger charge is -2.33. The molecule has 1 saturated heterocycles. The van der Waals surface area contributed by atoms with Crippen molar-refractivity contribution in [2.45, 2.75) is 58.2 Å². The zero-order valence-corrected chi connectivity index (χ0v) is 16.1. The number of benzene rings is 1. The lowest BCUT2D eigenvalue weighted by atomic mass is 9.93. The summed E-state index contributed by atoms with van der Waals surface area (Å²) in [6.07, 6.45) is 2.08. The van der Waals surface area contributed by atoms with Crippen LogP contribution in [0.4, 0.5) is 4.39 Å². The van der Waals surface area contributed by atoms with Crippen LogP contribution >= 0.6 is 11.3 Å². The maximum Gasteiger partial charge on any atom is 0.123 e. The number of rotatable bonds is 5. The molecule has 3 nitrogen and oxygen atoms in total. The van der Waals surface area contributed by atoms with Crippen molar-refractivity contribution in [2.75, 3.05) is 13.2 Å². The summed E-state index contributed by atoms with van der Waals surface area (Å²) in [4.78, 5) is 7.33. The minimum atomic E-state index is -0.184. The van der Waals surface area contributed by atoms with Gasteiger partial charge in [0.05, 0.1) is 12.2 Å². The van der Waals surface area contributed by atoms with Gasteiger partial charge in [-0.15, -0.1) is 11.3 Å². The first-order chi connectivity index (χ1) is 11.9. The molecule has 25 heavy (non-hydrogen) atoms. The van der Waals surface area contributed by atoms with Crippen molar-refractivity contribution >= 4 is 11.3 Å². The van der Waals surface area contributed by atoms with Gasteiger partial charge in [-0.2, -0.15) is 0 Å². The Hall–Kier alpha value is -1.30. The number of aromatic nitrogens is 1. The van der Waals surface area contributed by atoms with Gasteiger partial charge >= 0.3 is 0 Å². The van der Waals surface area contributed by atoms with Gasteiger partial charge in [0.2, 0.25) is 0 Å². The van der Waals surface area contributed by atoms with Gasteiger partial charge in [0, 0.05) is 36.6 Å². The monoisotopic (exact) mass is 362 g/mol. The fraction of sp³-hybridized carbons (Fsp3) is 0.550. The normalized spacial score (nSPS) is 16.5. The zero-order valence-electron chi connectivity index (χ0n) is 15.3. The van der Waals surface area contributed by atoms with E-state index < -0.39 is 0 Å². The second-order valence-electron chi connectivity index (χ2n) is 7.75. The molecular weight excluding hydrogens is 335 g/mol. The van der Waals surface area contributed by atoms with E-state index in [1.165, 1.54) is 0 Å². The second kappa shape index (κ2) is 7.94. The Labute approximate surface area is 153 Å². The van der Waals surface area contributed by atoms with Crippen molar-refractivity contribution in [1.29, 1.82) is 0 Å². The summed E-state index contributed by atoms with van der Waals surface area (Å²) in [5.41, 5.74) is 2.37. The Morgan fingerprint density at radius 2 is 1.84 bits per heavy atom. The molecule has 0 aliphatic carbocycles. The highest BCUT2D eigenvalue weighted by molar-refractivity contribution is 7.09. The average Bonchev–Trinajstić information content (AvgIpc) is 3.06. The van der Waals surface area contributed by atoms with E-state index in [0.717, 1.165) is 55.4 Å². The molecule has 5 heteroatoms. The smallest absolute Gasteiger partial charge is 0.123 e. The second-order valence-corrected chi connectivity index (χ2v) is 8.69. The third kappa shape index (κ3) is 5.09. The third-order valence-corrected chi connectivity index (χ3v) is 5.50. The largest absolute Gasteiger partial charge is 0.381 e. The molecule has 0 N–H and O–H groups in total. The summed E-state index contributed by atoms with van der Waals surface area (Å²) >= 11 is 1.74. The number of hydrogen-bond donors (Lipinski definition) is 0. The molecule has 1 aromatic heterocycles. The van der Waals surface area contributed by atoms with Crippen LogP contribution in [0.25, 0.3) is 0 Å². The minimum Gasteiger partial charge on any atom is -0.381 e. The Morgan fingerprint density at radius 3 is 2.44 bits per heavy atom. The van der Waals surface area contributed by atoms with Crippen molar-refractivity contribution in [2.24, 2.45) is 0 Å². The van der Waals surface area contributed by atoms with Crippen LogP contribution in [0.2, 0.25) is 0 Å². The summed E-state index contributed by atoms with van der Waals surface area (Å²) in [5.74, 6) is -0.184. The van der Waals surface area contributed by atoms with E-state index in [-0.39, 0.29) is 11.2 Å². The average molecular weight is 363 g/mol. The van der Waals surface area contributed by atoms with Gasteiger partial charge in [-0.05, 0) is 30.5 Å². The predicted octanol–water partition coefficient (Wildman–Crippen LogP) is 4.76. The number of halogens is 1. The Balaban J connectivity index is 1.75. The molecular formula is C20H27FN2OS. The lowest BCUT2D eigenvalue weighted by Crippen LogP contribution is -2.38. The molecule has 1 aliphatic rings. The lowest BCUT2D eigenvalue weighted by molar-refractivity contribution is 0.0277. The molecule has 2 heterocycles. The molecule has 1 fully saturated rings. The summed E-state index contributed by atoms with van der Waals surface area (Å²) in [7, 11) is 0. The highest BCUT2D eigenvalue weighted by Gasteiger charge is 2.24. The Bertz CT molecular complexity index is 672. The number of thiazole rings is 1. The van der Waals surface area contributed by atoms with Crippen LogP contribution in [-0.4, -0.2) is 29.1 Å². The molecule has 1 aliphatic heterocycles. The summed E-state index contributed by atoms with van der Waals surface area (Å²) in [6, 6.07) is 7.33. The molecule has 0 spiro atoms. The van der Waals surface area contributed by atoms with Crippen molar-refractivity contribution in [3.63, 3.8) is 0 Å². The van der Waals surface area contributed by atoms with Gasteiger partial charge in [-0.3, -0.25) is 4.90 Å². The highest BCUT2D eigenvalue weighted by atomic mass is 32.1. The van der Waals surface area contributed by atoms with Gasteiger partial charge in [-0.1, -0.05) is 32.9 Å². The van der Waals surface area contributed by atoms with E-state index in [0.29, 0.717) is 6.04 Å². The standard InChI is InChI=1S/C20H27FN2OS/c1-20(2,3)18-14-25-19(22-18)13-23(17-8-10-24-11-9-17)12-15-4-6-16(21)7-5-15/h4-7,14,17H,8-13H2,1-3H3. The van der Waals surface area contributed by atoms with E-state index in [4.69, 9.17) is 9.72 Å². The van der Waals surface area contributed by atoms with Gasteiger partial charge in [-0.25, -0.2) is 9.37 Å². The predicted molar refractivity (Wildman–Crippen MR) is 100 cm³/mol. The number of nitrogens with zero attached hydrogens (tertiary/aromatic N) is 2. The SMILES string of the molecule is CC(C)(C)c1csc(CN(Cc2ccc(F)cc2)C2CCOCC2)n1. The van der Waals surface area contributed by atoms with Gasteiger partial charge < -0.3 is 4.74 Å². The summed E-state index contributed by atoms with van der Waals surface area (Å²) < 4.78 is 18.7. The molecule has 1 aromatic carbocycles. The van der Waals surface area contributed by atoms with E-state index in [9.17, 15) is 4.39 Å². The van der Waals surface area contributed by atoms with Crippen molar-refractivity contribution in [1.82, 2.24) is 9.88 Å². The summed E-state index contributed by atoms with van der Waals surface area (Å²) in [6.45, 7) is 9.87. The molecule has 2 aromatic rings. The summed E-state index contributed by atoms with van der Waals surface area (Å²) in [5, 5.41) is 3.33. The van der Waals surface area contributed by atoms with E-state index in [1.54, 1.807) is 23.5 Å². The van der Waals surface area contributed by atoms with Crippen LogP contribution < -0.4 is 0 Å². The van der Waals surface area contributed by atoms with Crippen LogP contribution in [0.5, 0.6) is 0 Å². The number of hydrogen-bond acceptors (Lipinski definition) is 4. The van der Waals surface area contributed by atoms with Gasteiger partial charge in [0.15, 0.2) is 0 Å². The fourth-order valence-corrected chi connectivity index (χ4v) is 4.14. The van der Waals surface area contributed by atoms with Crippen LogP contribution in [0.3, 0.4) is 0 Å². The first kappa shape index (κ1) is 18.5. The van der Waals surface area contributed by atoms with Crippen molar-refractivity contribution < 1.29 is 9.13 Å². The molecule has 3 rings (SSSR count). The van der Waals surface area contributed by atoms with Gasteiger partial charge in [0.1, 0.15) is 10.8 Å². The Morgan fingerprint density at radius 1 is 1.16 bits per heavy atom. The van der Waals surface area contributed by atoms with Crippen LogP contribution in [0.15, 0.2) is 29.6 Å². The molecule has 0 atom stereocenters. The van der Waals surface area contributed by atoms with Crippen LogP contribution in [-0.2, 0) is 23.2 Å². The first-order valence-corrected chi connectivity index (χ1v) is 9.81. The topological polar surface area (TPSA) is 25.4 Å². The fourth-order valence-electron chi connectivity index (χ4n) is 3.09.